The molecule has 0 aliphatic heterocycles. The van der Waals surface area contributed by atoms with Crippen LogP contribution in [0, 0.1) is 0 Å². The van der Waals surface area contributed by atoms with Gasteiger partial charge in [-0.25, -0.2) is 0 Å². The van der Waals surface area contributed by atoms with Crippen LogP contribution in [0.1, 0.15) is 0 Å². The third-order valence-electron chi connectivity index (χ3n) is 0. The van der Waals surface area contributed by atoms with Gasteiger partial charge < -0.3 is 0 Å². The topological polar surface area (TPSA) is 0 Å². The van der Waals surface area contributed by atoms with E-state index in [1.54, 1.807) is 0 Å². The summed E-state index contributed by atoms with van der Waals surface area (Å²) in [7, 11) is 0. The molecule has 0 aliphatic rings. The Hall–Kier alpha value is 12.7. The first-order chi connectivity index (χ1) is 0. The summed E-state index contributed by atoms with van der Waals surface area (Å²) < 4.78 is 0. The van der Waals surface area contributed by atoms with Crippen LogP contribution in [-0.2, 0) is 0 Å². The van der Waals surface area contributed by atoms with Crippen LogP contribution in [0.25, 0.3) is 0 Å². The molecule has 0 heterocycles. The van der Waals surface area contributed by atoms with Gasteiger partial charge in [0.15, 0.2) is 0 Å². The van der Waals surface area contributed by atoms with Crippen LogP contribution in [0.4, 0.5) is 0 Å². The second kappa shape index (κ2) is 185. The van der Waals surface area contributed by atoms with Crippen LogP contribution in [0.15, 0.2) is 0 Å². The van der Waals surface area contributed by atoms with Crippen LogP contribution >= 0.6 is 0 Å². The summed E-state index contributed by atoms with van der Waals surface area (Å²) in [6.45, 7) is 0. The first-order valence-electron chi connectivity index (χ1n) is 0. The molecule has 0 aliphatic carbocycles. The molecule has 0 bridgehead atoms. The Morgan fingerprint density at radius 2 is 0.150 bits per heavy atom. The Morgan fingerprint density at radius 3 is 0.150 bits per heavy atom. The van der Waals surface area contributed by atoms with Crippen LogP contribution < -0.4 is 0 Å². The van der Waals surface area contributed by atoms with Gasteiger partial charge in [-0.15, -0.1) is 0 Å². The van der Waals surface area contributed by atoms with E-state index in [2.05, 4.69) is 0 Å². The van der Waals surface area contributed by atoms with Gasteiger partial charge in [-0.3, -0.25) is 0 Å². The Morgan fingerprint density at radius 1 is 0.150 bits per heavy atom. The van der Waals surface area contributed by atoms with Gasteiger partial charge in [0.1, 0.15) is 0 Å². The summed E-state index contributed by atoms with van der Waals surface area (Å²) in [5.74, 6) is 0. The van der Waals surface area contributed by atoms with Crippen molar-refractivity contribution in [3.63, 3.8) is 0 Å². The van der Waals surface area contributed by atoms with E-state index < -0.39 is 0 Å². The fraction of sp³-hybridized carbons (Fsp3) is 0. The fourth-order valence-electron chi connectivity index (χ4n) is 0. The minimum atomic E-state index is 0. The monoisotopic (exact) mass is 1410 g/mol. The number of hydrogen-bond acceptors (Lipinski definition) is 0. The summed E-state index contributed by atoms with van der Waals surface area (Å²) in [5, 5.41) is 0. The zero-order valence-corrected chi connectivity index (χ0v) is 82.0. The zero-order valence-electron chi connectivity index (χ0n) is 15.8. The summed E-state index contributed by atoms with van der Waals surface area (Å²) in [4.78, 5) is 0. The fourth-order valence-corrected chi connectivity index (χ4v) is 0. The van der Waals surface area contributed by atoms with Crippen molar-refractivity contribution in [2.45, 2.75) is 0 Å². The molecule has 0 nitrogen and oxygen atoms in total. The number of hydrogen-bond donors (Lipinski definition) is 0. The molecule has 0 aromatic carbocycles. The quantitative estimate of drug-likeness (QED) is 0.212. The standard InChI is InChI=1S/20Ga.30H. The van der Waals surface area contributed by atoms with Gasteiger partial charge in [0.05, 0.1) is 0 Å². The first kappa shape index (κ1) is 203. The molecule has 0 atom stereocenters. The summed E-state index contributed by atoms with van der Waals surface area (Å²) >= 11 is 0. The molecule has 20 heteroatoms. The van der Waals surface area contributed by atoms with Crippen molar-refractivity contribution >= 4 is 396 Å². The summed E-state index contributed by atoms with van der Waals surface area (Å²) in [5.41, 5.74) is 0. The third-order valence-corrected chi connectivity index (χ3v) is 0. The van der Waals surface area contributed by atoms with E-state index in [4.69, 9.17) is 0 Å². The maximum atomic E-state index is 0. The van der Waals surface area contributed by atoms with E-state index in [-0.39, 0.29) is 396 Å². The van der Waals surface area contributed by atoms with Crippen LogP contribution in [0.5, 0.6) is 0 Å². The van der Waals surface area contributed by atoms with Gasteiger partial charge in [0.25, 0.3) is 0 Å². The molecule has 0 N–H and O–H groups in total. The minimum absolute atomic E-state index is 0. The molecular weight excluding hydrogens is 1390 g/mol. The first-order valence-corrected chi connectivity index (χ1v) is 0. The molecule has 0 saturated carbocycles. The zero-order chi connectivity index (χ0) is 0. The van der Waals surface area contributed by atoms with Gasteiger partial charge in [0.2, 0.25) is 0 Å². The predicted octanol–water partition coefficient (Wildman–Crippen LogP) is -15.6. The summed E-state index contributed by atoms with van der Waals surface area (Å²) in [6, 6.07) is 0. The van der Waals surface area contributed by atoms with Gasteiger partial charge in [-0.1, -0.05) is 0 Å². The third kappa shape index (κ3) is 168. The Balaban J connectivity index is 0. The molecule has 0 aromatic rings. The average Bonchev–Trinajstić information content (AvgIpc) is 0. The van der Waals surface area contributed by atoms with Gasteiger partial charge in [-0.05, 0) is 0 Å². The molecule has 30 radical (unpaired) electrons. The molecule has 90 valence electrons. The van der Waals surface area contributed by atoms with Crippen molar-refractivity contribution in [1.29, 1.82) is 0 Å². The van der Waals surface area contributed by atoms with E-state index >= 15 is 0 Å². The average molecular weight is 1420 g/mol. The Kier molecular flexibility index (Phi) is 1880. The van der Waals surface area contributed by atoms with Crippen molar-refractivity contribution < 1.29 is 0 Å². The van der Waals surface area contributed by atoms with Crippen LogP contribution in [0.2, 0.25) is 0 Å². The van der Waals surface area contributed by atoms with Crippen molar-refractivity contribution in [2.24, 2.45) is 0 Å². The molecular formula is H30Ga20. The predicted molar refractivity (Wildman–Crippen MR) is 157 cm³/mol. The van der Waals surface area contributed by atoms with E-state index in [1.165, 1.54) is 0 Å². The molecule has 0 spiro atoms. The molecule has 0 aromatic heterocycles. The maximum absolute atomic E-state index is 0. The van der Waals surface area contributed by atoms with Crippen molar-refractivity contribution in [2.75, 3.05) is 0 Å². The molecule has 0 saturated heterocycles. The van der Waals surface area contributed by atoms with Crippen LogP contribution in [-0.4, -0.2) is 396 Å². The van der Waals surface area contributed by atoms with Gasteiger partial charge >= 0.3 is 396 Å². The normalized spacial score (nSPS) is 0. The molecule has 0 fully saturated rings. The molecule has 20 heavy (non-hydrogen) atoms. The van der Waals surface area contributed by atoms with Crippen molar-refractivity contribution in [3.8, 4) is 0 Å². The van der Waals surface area contributed by atoms with E-state index in [9.17, 15) is 0 Å². The Bertz CT molecular complexity index is 0. The Labute approximate surface area is 385 Å². The van der Waals surface area contributed by atoms with Crippen LogP contribution in [0.3, 0.4) is 0 Å². The van der Waals surface area contributed by atoms with Gasteiger partial charge in [0, 0.05) is 0 Å². The molecule has 0 amide bonds. The molecule has 0 rings (SSSR count). The van der Waals surface area contributed by atoms with Crippen molar-refractivity contribution in [1.82, 2.24) is 0 Å². The number of rotatable bonds is 0. The van der Waals surface area contributed by atoms with E-state index in [1.807, 2.05) is 0 Å². The van der Waals surface area contributed by atoms with E-state index in [0.717, 1.165) is 0 Å². The second-order valence-corrected chi connectivity index (χ2v) is 0. The molecule has 0 unspecified atom stereocenters. The second-order valence-electron chi connectivity index (χ2n) is 0. The van der Waals surface area contributed by atoms with Crippen molar-refractivity contribution in [3.05, 3.63) is 0 Å². The summed E-state index contributed by atoms with van der Waals surface area (Å²) in [6.07, 6.45) is 0. The van der Waals surface area contributed by atoms with E-state index in [0.29, 0.717) is 0 Å². The SMILES string of the molecule is [GaH2].[GaH2].[GaH2].[GaH2].[GaH2].[GaH2].[GaH2].[GaH2].[GaH3].[GaH].[GaH].[GaH].[GaH].[GaH].[GaH].[GaH].[GaH].[GaH].[GaH].[GaH]. The van der Waals surface area contributed by atoms with Gasteiger partial charge in [-0.2, -0.15) is 0 Å².